The maximum atomic E-state index is 13.2. The van der Waals surface area contributed by atoms with E-state index in [1.165, 1.54) is 17.2 Å². The second kappa shape index (κ2) is 7.98. The van der Waals surface area contributed by atoms with E-state index in [-0.39, 0.29) is 22.8 Å². The van der Waals surface area contributed by atoms with E-state index in [1.807, 2.05) is 6.92 Å². The van der Waals surface area contributed by atoms with Gasteiger partial charge >= 0.3 is 0 Å². The van der Waals surface area contributed by atoms with Crippen molar-refractivity contribution in [2.75, 3.05) is 18.1 Å². The van der Waals surface area contributed by atoms with Crippen molar-refractivity contribution in [3.8, 4) is 17.2 Å². The second-order valence-corrected chi connectivity index (χ2v) is 7.81. The van der Waals surface area contributed by atoms with Gasteiger partial charge < -0.3 is 19.7 Å². The molecule has 0 bridgehead atoms. The van der Waals surface area contributed by atoms with Gasteiger partial charge in [-0.25, -0.2) is 0 Å². The van der Waals surface area contributed by atoms with Crippen molar-refractivity contribution in [2.24, 2.45) is 0 Å². The van der Waals surface area contributed by atoms with Crippen LogP contribution in [-0.2, 0) is 9.59 Å². The molecule has 0 saturated carbocycles. The molecule has 1 fully saturated rings. The standard InChI is InChI=1S/C25H20N2O6/c1-14-4-6-18(28)17(11-14)27-22(16-3-2-8-26-13-16)21(24(30)25(27)31)23(29)15-5-7-19-20(12-15)33-10-9-32-19/h2-8,11-13,22,28-29H,9-10H2,1H3/b23-21-. The van der Waals surface area contributed by atoms with E-state index >= 15 is 0 Å². The molecule has 8 nitrogen and oxygen atoms in total. The molecule has 0 radical (unpaired) electrons. The Kier molecular flexibility index (Phi) is 4.97. The summed E-state index contributed by atoms with van der Waals surface area (Å²) in [6.07, 6.45) is 3.09. The van der Waals surface area contributed by atoms with Gasteiger partial charge in [0.2, 0.25) is 0 Å². The summed E-state index contributed by atoms with van der Waals surface area (Å²) >= 11 is 0. The lowest BCUT2D eigenvalue weighted by Crippen LogP contribution is -2.29. The van der Waals surface area contributed by atoms with Crippen LogP contribution in [0.3, 0.4) is 0 Å². The maximum absolute atomic E-state index is 13.2. The fraction of sp³-hybridized carbons (Fsp3) is 0.160. The number of carbonyl (C=O) groups excluding carboxylic acids is 2. The van der Waals surface area contributed by atoms with Gasteiger partial charge in [-0.1, -0.05) is 12.1 Å². The third kappa shape index (κ3) is 3.45. The van der Waals surface area contributed by atoms with E-state index in [4.69, 9.17) is 9.47 Å². The predicted octanol–water partition coefficient (Wildman–Crippen LogP) is 3.49. The van der Waals surface area contributed by atoms with Gasteiger partial charge in [0.25, 0.3) is 11.7 Å². The molecule has 2 aromatic carbocycles. The fourth-order valence-corrected chi connectivity index (χ4v) is 4.11. The minimum atomic E-state index is -0.986. The van der Waals surface area contributed by atoms with Gasteiger partial charge in [-0.2, -0.15) is 0 Å². The molecule has 1 aromatic heterocycles. The van der Waals surface area contributed by atoms with Crippen molar-refractivity contribution in [2.45, 2.75) is 13.0 Å². The van der Waals surface area contributed by atoms with Crippen LogP contribution in [0.15, 0.2) is 66.5 Å². The monoisotopic (exact) mass is 444 g/mol. The van der Waals surface area contributed by atoms with Crippen LogP contribution in [0.2, 0.25) is 0 Å². The number of phenolic OH excluding ortho intramolecular Hbond substituents is 1. The van der Waals surface area contributed by atoms with Crippen molar-refractivity contribution in [3.05, 3.63) is 83.2 Å². The van der Waals surface area contributed by atoms with Crippen LogP contribution in [-0.4, -0.2) is 40.1 Å². The largest absolute Gasteiger partial charge is 0.507 e. The summed E-state index contributed by atoms with van der Waals surface area (Å²) in [4.78, 5) is 31.7. The Balaban J connectivity index is 1.71. The Hall–Kier alpha value is -4.33. The number of anilines is 1. The van der Waals surface area contributed by atoms with Gasteiger partial charge in [-0.05, 0) is 54.4 Å². The number of ketones is 1. The van der Waals surface area contributed by atoms with Crippen LogP contribution < -0.4 is 14.4 Å². The number of aliphatic hydroxyl groups is 1. The number of ether oxygens (including phenoxy) is 2. The first-order chi connectivity index (χ1) is 16.0. The number of benzene rings is 2. The third-order valence-corrected chi connectivity index (χ3v) is 5.65. The average Bonchev–Trinajstić information content (AvgIpc) is 3.10. The summed E-state index contributed by atoms with van der Waals surface area (Å²) in [5.41, 5.74) is 1.68. The highest BCUT2D eigenvalue weighted by Gasteiger charge is 2.48. The number of aliphatic hydroxyl groups excluding tert-OH is 1. The number of aryl methyl sites for hydroxylation is 1. The molecule has 8 heteroatoms. The molecule has 1 unspecified atom stereocenters. The summed E-state index contributed by atoms with van der Waals surface area (Å²) in [6.45, 7) is 2.60. The molecule has 1 atom stereocenters. The van der Waals surface area contributed by atoms with Gasteiger partial charge in [-0.3, -0.25) is 19.5 Å². The third-order valence-electron chi connectivity index (χ3n) is 5.65. The van der Waals surface area contributed by atoms with E-state index < -0.39 is 17.7 Å². The van der Waals surface area contributed by atoms with E-state index in [0.717, 1.165) is 5.56 Å². The van der Waals surface area contributed by atoms with E-state index in [1.54, 1.807) is 48.7 Å². The SMILES string of the molecule is Cc1ccc(O)c(N2C(=O)C(=O)/C(=C(\O)c3ccc4c(c3)OCCO4)C2c2cccnc2)c1. The number of hydrogen-bond acceptors (Lipinski definition) is 7. The highest BCUT2D eigenvalue weighted by Crippen LogP contribution is 2.45. The Bertz CT molecular complexity index is 1300. The number of nitrogens with zero attached hydrogens (tertiary/aromatic N) is 2. The highest BCUT2D eigenvalue weighted by atomic mass is 16.6. The molecule has 166 valence electrons. The molecule has 0 aliphatic carbocycles. The summed E-state index contributed by atoms with van der Waals surface area (Å²) in [6, 6.07) is 12.0. The number of aromatic hydroxyl groups is 1. The van der Waals surface area contributed by atoms with E-state index in [2.05, 4.69) is 4.98 Å². The molecule has 2 N–H and O–H groups in total. The molecule has 1 saturated heterocycles. The molecular formula is C25H20N2O6. The zero-order valence-corrected chi connectivity index (χ0v) is 17.7. The maximum Gasteiger partial charge on any atom is 0.300 e. The molecule has 3 aromatic rings. The molecule has 2 aliphatic rings. The summed E-state index contributed by atoms with van der Waals surface area (Å²) in [7, 11) is 0. The van der Waals surface area contributed by atoms with Crippen LogP contribution in [0.5, 0.6) is 17.2 Å². The van der Waals surface area contributed by atoms with Gasteiger partial charge in [-0.15, -0.1) is 0 Å². The molecule has 0 spiro atoms. The predicted molar refractivity (Wildman–Crippen MR) is 119 cm³/mol. The number of hydrogen-bond donors (Lipinski definition) is 2. The van der Waals surface area contributed by atoms with Crippen molar-refractivity contribution in [3.63, 3.8) is 0 Å². The van der Waals surface area contributed by atoms with Gasteiger partial charge in [0, 0.05) is 18.0 Å². The van der Waals surface area contributed by atoms with Crippen LogP contribution >= 0.6 is 0 Å². The fourth-order valence-electron chi connectivity index (χ4n) is 4.11. The summed E-state index contributed by atoms with van der Waals surface area (Å²) < 4.78 is 11.1. The van der Waals surface area contributed by atoms with Crippen molar-refractivity contribution < 1.29 is 29.3 Å². The van der Waals surface area contributed by atoms with Crippen LogP contribution in [0.25, 0.3) is 5.76 Å². The van der Waals surface area contributed by atoms with E-state index in [0.29, 0.717) is 35.8 Å². The first kappa shape index (κ1) is 20.6. The molecule has 1 amide bonds. The lowest BCUT2D eigenvalue weighted by atomic mass is 9.96. The Morgan fingerprint density at radius 2 is 1.85 bits per heavy atom. The normalized spacial score (nSPS) is 19.1. The minimum absolute atomic E-state index is 0.106. The molecular weight excluding hydrogens is 424 g/mol. The lowest BCUT2D eigenvalue weighted by molar-refractivity contribution is -0.132. The number of amides is 1. The first-order valence-electron chi connectivity index (χ1n) is 10.4. The topological polar surface area (TPSA) is 109 Å². The Morgan fingerprint density at radius 3 is 2.61 bits per heavy atom. The van der Waals surface area contributed by atoms with Gasteiger partial charge in [0.15, 0.2) is 11.5 Å². The van der Waals surface area contributed by atoms with Crippen LogP contribution in [0.4, 0.5) is 5.69 Å². The lowest BCUT2D eigenvalue weighted by Gasteiger charge is -2.26. The number of fused-ring (bicyclic) bond motifs is 1. The summed E-state index contributed by atoms with van der Waals surface area (Å²) in [5.74, 6) is -1.26. The smallest absolute Gasteiger partial charge is 0.300 e. The van der Waals surface area contributed by atoms with Gasteiger partial charge in [0.05, 0.1) is 17.3 Å². The number of Topliss-reactive ketones (excluding diaryl/α,β-unsaturated/α-hetero) is 1. The molecule has 5 rings (SSSR count). The number of rotatable bonds is 3. The minimum Gasteiger partial charge on any atom is -0.507 e. The first-order valence-corrected chi connectivity index (χ1v) is 10.4. The average molecular weight is 444 g/mol. The number of pyridine rings is 1. The number of carbonyl (C=O) groups is 2. The van der Waals surface area contributed by atoms with Crippen molar-refractivity contribution in [1.82, 2.24) is 4.98 Å². The zero-order chi connectivity index (χ0) is 23.1. The summed E-state index contributed by atoms with van der Waals surface area (Å²) in [5, 5.41) is 21.7. The Labute approximate surface area is 189 Å². The van der Waals surface area contributed by atoms with E-state index in [9.17, 15) is 19.8 Å². The molecule has 33 heavy (non-hydrogen) atoms. The van der Waals surface area contributed by atoms with Gasteiger partial charge in [0.1, 0.15) is 24.7 Å². The molecule has 2 aliphatic heterocycles. The van der Waals surface area contributed by atoms with Crippen LogP contribution in [0.1, 0.15) is 22.7 Å². The highest BCUT2D eigenvalue weighted by molar-refractivity contribution is 6.51. The van der Waals surface area contributed by atoms with Crippen molar-refractivity contribution >= 4 is 23.1 Å². The molecule has 3 heterocycles. The quantitative estimate of drug-likeness (QED) is 0.362. The number of phenols is 1. The second-order valence-electron chi connectivity index (χ2n) is 7.81. The zero-order valence-electron chi connectivity index (χ0n) is 17.7. The van der Waals surface area contributed by atoms with Crippen molar-refractivity contribution in [1.29, 1.82) is 0 Å². The number of aromatic nitrogens is 1. The Morgan fingerprint density at radius 1 is 1.06 bits per heavy atom. The van der Waals surface area contributed by atoms with Crippen LogP contribution in [0, 0.1) is 6.92 Å².